The summed E-state index contributed by atoms with van der Waals surface area (Å²) in [5, 5.41) is 0. The molecular weight excluding hydrogens is 260 g/mol. The Morgan fingerprint density at radius 3 is 2.73 bits per heavy atom. The van der Waals surface area contributed by atoms with Crippen LogP contribution in [0.15, 0.2) is 12.1 Å². The van der Waals surface area contributed by atoms with Gasteiger partial charge in [-0.2, -0.15) is 0 Å². The molecule has 0 aliphatic rings. The van der Waals surface area contributed by atoms with Crippen LogP contribution in [0.2, 0.25) is 0 Å². The Labute approximate surface area is 77.7 Å². The molecule has 0 spiro atoms. The monoisotopic (exact) mass is 267 g/mol. The average molecular weight is 267 g/mol. The van der Waals surface area contributed by atoms with Crippen molar-refractivity contribution in [1.82, 2.24) is 0 Å². The van der Waals surface area contributed by atoms with Gasteiger partial charge in [0.25, 0.3) is 0 Å². The standard InChI is InChI=1S/C7H7FINO/c1-11-7-3-6(10)5(9)2-4(7)8/h2-3H,10H2,1H3. The van der Waals surface area contributed by atoms with Crippen LogP contribution in [0.4, 0.5) is 10.1 Å². The SMILES string of the molecule is COc1cc(N)c(I)cc1F. The van der Waals surface area contributed by atoms with Gasteiger partial charge in [-0.1, -0.05) is 0 Å². The Morgan fingerprint density at radius 2 is 2.18 bits per heavy atom. The van der Waals surface area contributed by atoms with Crippen molar-refractivity contribution < 1.29 is 9.13 Å². The summed E-state index contributed by atoms with van der Waals surface area (Å²) in [6.07, 6.45) is 0. The van der Waals surface area contributed by atoms with Gasteiger partial charge in [-0.25, -0.2) is 4.39 Å². The van der Waals surface area contributed by atoms with Gasteiger partial charge in [0.2, 0.25) is 0 Å². The molecule has 60 valence electrons. The summed E-state index contributed by atoms with van der Waals surface area (Å²) in [4.78, 5) is 0. The topological polar surface area (TPSA) is 35.2 Å². The molecule has 1 aromatic carbocycles. The largest absolute Gasteiger partial charge is 0.494 e. The predicted molar refractivity (Wildman–Crippen MR) is 50.1 cm³/mol. The normalized spacial score (nSPS) is 9.73. The maximum absolute atomic E-state index is 12.8. The molecule has 0 heterocycles. The maximum Gasteiger partial charge on any atom is 0.166 e. The van der Waals surface area contributed by atoms with E-state index in [9.17, 15) is 4.39 Å². The third kappa shape index (κ3) is 1.74. The predicted octanol–water partition coefficient (Wildman–Crippen LogP) is 2.02. The van der Waals surface area contributed by atoms with Crippen molar-refractivity contribution in [2.75, 3.05) is 12.8 Å². The summed E-state index contributed by atoms with van der Waals surface area (Å²) < 4.78 is 18.3. The van der Waals surface area contributed by atoms with Crippen molar-refractivity contribution in [2.24, 2.45) is 0 Å². The van der Waals surface area contributed by atoms with Crippen LogP contribution in [0.5, 0.6) is 5.75 Å². The Kier molecular flexibility index (Phi) is 2.53. The van der Waals surface area contributed by atoms with Gasteiger partial charge in [0.05, 0.1) is 7.11 Å². The summed E-state index contributed by atoms with van der Waals surface area (Å²) >= 11 is 1.96. The zero-order chi connectivity index (χ0) is 8.43. The van der Waals surface area contributed by atoms with Crippen LogP contribution in [0.25, 0.3) is 0 Å². The minimum absolute atomic E-state index is 0.183. The van der Waals surface area contributed by atoms with Gasteiger partial charge in [-0.05, 0) is 28.7 Å². The Bertz CT molecular complexity index is 277. The Balaban J connectivity index is 3.21. The van der Waals surface area contributed by atoms with Gasteiger partial charge in [-0.3, -0.25) is 0 Å². The molecule has 1 rings (SSSR count). The van der Waals surface area contributed by atoms with Crippen LogP contribution in [0, 0.1) is 9.39 Å². The summed E-state index contributed by atoms with van der Waals surface area (Å²) in [6, 6.07) is 2.81. The minimum Gasteiger partial charge on any atom is -0.494 e. The van der Waals surface area contributed by atoms with Gasteiger partial charge < -0.3 is 10.5 Å². The first-order valence-corrected chi connectivity index (χ1v) is 4.01. The van der Waals surface area contributed by atoms with E-state index in [0.29, 0.717) is 9.26 Å². The van der Waals surface area contributed by atoms with Crippen molar-refractivity contribution in [3.63, 3.8) is 0 Å². The van der Waals surface area contributed by atoms with Gasteiger partial charge in [0, 0.05) is 15.3 Å². The van der Waals surface area contributed by atoms with E-state index in [-0.39, 0.29) is 11.6 Å². The van der Waals surface area contributed by atoms with Crippen molar-refractivity contribution >= 4 is 28.3 Å². The van der Waals surface area contributed by atoms with Crippen LogP contribution in [-0.4, -0.2) is 7.11 Å². The maximum atomic E-state index is 12.8. The van der Waals surface area contributed by atoms with E-state index in [0.717, 1.165) is 0 Å². The molecule has 0 aromatic heterocycles. The number of hydrogen-bond acceptors (Lipinski definition) is 2. The summed E-state index contributed by atoms with van der Waals surface area (Å²) in [5.41, 5.74) is 6.04. The van der Waals surface area contributed by atoms with Gasteiger partial charge in [0.1, 0.15) is 0 Å². The molecule has 4 heteroatoms. The number of methoxy groups -OCH3 is 1. The highest BCUT2D eigenvalue weighted by Gasteiger charge is 2.04. The Hall–Kier alpha value is -0.520. The number of halogens is 2. The Morgan fingerprint density at radius 1 is 1.55 bits per heavy atom. The van der Waals surface area contributed by atoms with Crippen LogP contribution in [0.3, 0.4) is 0 Å². The zero-order valence-electron chi connectivity index (χ0n) is 5.90. The van der Waals surface area contributed by atoms with Crippen molar-refractivity contribution in [1.29, 1.82) is 0 Å². The highest BCUT2D eigenvalue weighted by molar-refractivity contribution is 14.1. The number of ether oxygens (including phenoxy) is 1. The molecule has 0 radical (unpaired) electrons. The molecule has 0 atom stereocenters. The number of rotatable bonds is 1. The molecule has 0 fully saturated rings. The van der Waals surface area contributed by atoms with Crippen LogP contribution < -0.4 is 10.5 Å². The fourth-order valence-electron chi connectivity index (χ4n) is 0.701. The molecule has 0 saturated carbocycles. The van der Waals surface area contributed by atoms with Crippen LogP contribution in [0.1, 0.15) is 0 Å². The molecule has 0 saturated heterocycles. The molecule has 2 nitrogen and oxygen atoms in total. The van der Waals surface area contributed by atoms with E-state index in [2.05, 4.69) is 0 Å². The highest BCUT2D eigenvalue weighted by atomic mass is 127. The van der Waals surface area contributed by atoms with Gasteiger partial charge in [0.15, 0.2) is 11.6 Å². The number of benzene rings is 1. The lowest BCUT2D eigenvalue weighted by molar-refractivity contribution is 0.386. The molecule has 11 heavy (non-hydrogen) atoms. The van der Waals surface area contributed by atoms with E-state index in [1.807, 2.05) is 22.6 Å². The summed E-state index contributed by atoms with van der Waals surface area (Å²) in [7, 11) is 1.41. The van der Waals surface area contributed by atoms with E-state index in [4.69, 9.17) is 10.5 Å². The van der Waals surface area contributed by atoms with E-state index in [1.54, 1.807) is 0 Å². The highest BCUT2D eigenvalue weighted by Crippen LogP contribution is 2.24. The first-order chi connectivity index (χ1) is 5.15. The number of hydrogen-bond donors (Lipinski definition) is 1. The first-order valence-electron chi connectivity index (χ1n) is 2.93. The second-order valence-corrected chi connectivity index (χ2v) is 3.17. The fourth-order valence-corrected chi connectivity index (χ4v) is 1.13. The summed E-state index contributed by atoms with van der Waals surface area (Å²) in [5.74, 6) is -0.200. The van der Waals surface area contributed by atoms with E-state index in [1.165, 1.54) is 19.2 Å². The molecule has 0 unspecified atom stereocenters. The number of nitrogen functional groups attached to an aromatic ring is 1. The van der Waals surface area contributed by atoms with Crippen molar-refractivity contribution in [2.45, 2.75) is 0 Å². The molecule has 0 amide bonds. The van der Waals surface area contributed by atoms with Crippen molar-refractivity contribution in [3.05, 3.63) is 21.5 Å². The molecule has 2 N–H and O–H groups in total. The third-order valence-corrected chi connectivity index (χ3v) is 2.21. The van der Waals surface area contributed by atoms with Gasteiger partial charge >= 0.3 is 0 Å². The van der Waals surface area contributed by atoms with Gasteiger partial charge in [-0.15, -0.1) is 0 Å². The summed E-state index contributed by atoms with van der Waals surface area (Å²) in [6.45, 7) is 0. The minimum atomic E-state index is -0.383. The number of anilines is 1. The lowest BCUT2D eigenvalue weighted by Crippen LogP contribution is -1.94. The van der Waals surface area contributed by atoms with Crippen LogP contribution >= 0.6 is 22.6 Å². The van der Waals surface area contributed by atoms with Crippen LogP contribution in [-0.2, 0) is 0 Å². The number of nitrogens with two attached hydrogens (primary N) is 1. The van der Waals surface area contributed by atoms with E-state index >= 15 is 0 Å². The fraction of sp³-hybridized carbons (Fsp3) is 0.143. The molecule has 0 bridgehead atoms. The first kappa shape index (κ1) is 8.58. The molecule has 0 aliphatic heterocycles. The zero-order valence-corrected chi connectivity index (χ0v) is 8.05. The average Bonchev–Trinajstić information content (AvgIpc) is 1.97. The lowest BCUT2D eigenvalue weighted by atomic mass is 10.3. The molecule has 1 aromatic rings. The van der Waals surface area contributed by atoms with Crippen molar-refractivity contribution in [3.8, 4) is 5.75 Å². The lowest BCUT2D eigenvalue weighted by Gasteiger charge is -2.03. The van der Waals surface area contributed by atoms with E-state index < -0.39 is 0 Å². The smallest absolute Gasteiger partial charge is 0.166 e. The second-order valence-electron chi connectivity index (χ2n) is 2.01. The molecule has 0 aliphatic carbocycles. The molecular formula is C7H7FINO. The quantitative estimate of drug-likeness (QED) is 0.624. The third-order valence-electron chi connectivity index (χ3n) is 1.27. The second kappa shape index (κ2) is 3.25.